The molecule has 0 radical (unpaired) electrons. The first-order chi connectivity index (χ1) is 8.90. The van der Waals surface area contributed by atoms with Crippen LogP contribution < -0.4 is 16.0 Å². The highest BCUT2D eigenvalue weighted by Gasteiger charge is 2.25. The Morgan fingerprint density at radius 2 is 2.16 bits per heavy atom. The molecule has 0 bridgehead atoms. The van der Waals surface area contributed by atoms with Crippen LogP contribution in [0.4, 0.5) is 4.79 Å². The van der Waals surface area contributed by atoms with Gasteiger partial charge < -0.3 is 21.1 Å². The van der Waals surface area contributed by atoms with Crippen molar-refractivity contribution in [3.8, 4) is 0 Å². The maximum atomic E-state index is 11.8. The van der Waals surface area contributed by atoms with E-state index in [1.807, 2.05) is 13.8 Å². The van der Waals surface area contributed by atoms with Crippen LogP contribution in [0.5, 0.6) is 0 Å². The SMILES string of the molecule is CC(C)C(CC(=O)O)NC(=O)NC1CCCNC1=O. The monoisotopic (exact) mass is 271 g/mol. The highest BCUT2D eigenvalue weighted by molar-refractivity contribution is 5.87. The van der Waals surface area contributed by atoms with Crippen LogP contribution in [0.25, 0.3) is 0 Å². The Morgan fingerprint density at radius 1 is 1.47 bits per heavy atom. The smallest absolute Gasteiger partial charge is 0.315 e. The van der Waals surface area contributed by atoms with Gasteiger partial charge in [-0.2, -0.15) is 0 Å². The third kappa shape index (κ3) is 5.15. The highest BCUT2D eigenvalue weighted by Crippen LogP contribution is 2.07. The lowest BCUT2D eigenvalue weighted by atomic mass is 10.0. The number of hydrogen-bond donors (Lipinski definition) is 4. The van der Waals surface area contributed by atoms with Gasteiger partial charge in [0.2, 0.25) is 5.91 Å². The third-order valence-corrected chi connectivity index (χ3v) is 3.11. The minimum atomic E-state index is -0.964. The lowest BCUT2D eigenvalue weighted by molar-refractivity contribution is -0.137. The van der Waals surface area contributed by atoms with E-state index in [1.165, 1.54) is 0 Å². The van der Waals surface area contributed by atoms with Gasteiger partial charge in [0, 0.05) is 12.6 Å². The minimum absolute atomic E-state index is 0.00188. The van der Waals surface area contributed by atoms with Crippen molar-refractivity contribution in [3.05, 3.63) is 0 Å². The maximum absolute atomic E-state index is 11.8. The maximum Gasteiger partial charge on any atom is 0.315 e. The van der Waals surface area contributed by atoms with E-state index in [1.54, 1.807) is 0 Å². The van der Waals surface area contributed by atoms with Crippen molar-refractivity contribution in [1.29, 1.82) is 0 Å². The molecule has 4 N–H and O–H groups in total. The van der Waals surface area contributed by atoms with Gasteiger partial charge in [-0.15, -0.1) is 0 Å². The Bertz CT molecular complexity index is 357. The van der Waals surface area contributed by atoms with E-state index < -0.39 is 24.1 Å². The van der Waals surface area contributed by atoms with Crippen molar-refractivity contribution >= 4 is 17.9 Å². The van der Waals surface area contributed by atoms with Crippen LogP contribution in [0.3, 0.4) is 0 Å². The van der Waals surface area contributed by atoms with E-state index in [0.29, 0.717) is 13.0 Å². The zero-order valence-corrected chi connectivity index (χ0v) is 11.2. The summed E-state index contributed by atoms with van der Waals surface area (Å²) in [4.78, 5) is 33.9. The van der Waals surface area contributed by atoms with Crippen molar-refractivity contribution in [3.63, 3.8) is 0 Å². The van der Waals surface area contributed by atoms with Crippen LogP contribution in [0.2, 0.25) is 0 Å². The van der Waals surface area contributed by atoms with Crippen LogP contribution in [0.15, 0.2) is 0 Å². The highest BCUT2D eigenvalue weighted by atomic mass is 16.4. The minimum Gasteiger partial charge on any atom is -0.481 e. The van der Waals surface area contributed by atoms with Gasteiger partial charge in [0.15, 0.2) is 0 Å². The molecule has 2 unspecified atom stereocenters. The van der Waals surface area contributed by atoms with Gasteiger partial charge in [-0.3, -0.25) is 9.59 Å². The number of carboxylic acid groups (broad SMARTS) is 1. The molecular formula is C12H21N3O4. The molecule has 2 atom stereocenters. The first-order valence-electron chi connectivity index (χ1n) is 6.46. The van der Waals surface area contributed by atoms with Crippen LogP contribution in [0, 0.1) is 5.92 Å². The van der Waals surface area contributed by atoms with Crippen molar-refractivity contribution in [2.45, 2.75) is 45.2 Å². The summed E-state index contributed by atoms with van der Waals surface area (Å²) in [5.41, 5.74) is 0. The van der Waals surface area contributed by atoms with Gasteiger partial charge in [-0.05, 0) is 18.8 Å². The number of amides is 3. The Morgan fingerprint density at radius 3 is 2.68 bits per heavy atom. The molecule has 108 valence electrons. The first kappa shape index (κ1) is 15.3. The fraction of sp³-hybridized carbons (Fsp3) is 0.750. The normalized spacial score (nSPS) is 20.6. The summed E-state index contributed by atoms with van der Waals surface area (Å²) in [6.07, 6.45) is 1.28. The first-order valence-corrected chi connectivity index (χ1v) is 6.46. The lowest BCUT2D eigenvalue weighted by Gasteiger charge is -2.25. The summed E-state index contributed by atoms with van der Waals surface area (Å²) in [5.74, 6) is -1.16. The Balaban J connectivity index is 2.47. The summed E-state index contributed by atoms with van der Waals surface area (Å²) in [6, 6.07) is -1.49. The number of rotatable bonds is 5. The number of hydrogen-bond acceptors (Lipinski definition) is 3. The van der Waals surface area contributed by atoms with Gasteiger partial charge in [-0.25, -0.2) is 4.79 Å². The number of carbonyl (C=O) groups excluding carboxylic acids is 2. The third-order valence-electron chi connectivity index (χ3n) is 3.11. The summed E-state index contributed by atoms with van der Waals surface area (Å²) in [6.45, 7) is 4.30. The summed E-state index contributed by atoms with van der Waals surface area (Å²) < 4.78 is 0. The second-order valence-corrected chi connectivity index (χ2v) is 5.05. The number of nitrogens with one attached hydrogen (secondary N) is 3. The summed E-state index contributed by atoms with van der Waals surface area (Å²) in [5, 5.41) is 16.6. The van der Waals surface area contributed by atoms with Crippen LogP contribution in [-0.4, -0.2) is 41.6 Å². The molecule has 0 aromatic heterocycles. The molecule has 7 heteroatoms. The van der Waals surface area contributed by atoms with E-state index in [0.717, 1.165) is 6.42 Å². The molecule has 3 amide bonds. The molecule has 1 saturated heterocycles. The Kier molecular flexibility index (Phi) is 5.59. The quantitative estimate of drug-likeness (QED) is 0.567. The lowest BCUT2D eigenvalue weighted by Crippen LogP contribution is -2.55. The number of carboxylic acids is 1. The largest absolute Gasteiger partial charge is 0.481 e. The molecule has 0 aromatic carbocycles. The number of urea groups is 1. The molecule has 19 heavy (non-hydrogen) atoms. The molecule has 1 aliphatic heterocycles. The molecule has 1 rings (SSSR count). The van der Waals surface area contributed by atoms with Gasteiger partial charge >= 0.3 is 12.0 Å². The van der Waals surface area contributed by atoms with Crippen LogP contribution in [0.1, 0.15) is 33.1 Å². The van der Waals surface area contributed by atoms with E-state index >= 15 is 0 Å². The molecule has 0 spiro atoms. The molecule has 0 aromatic rings. The number of piperidine rings is 1. The summed E-state index contributed by atoms with van der Waals surface area (Å²) in [7, 11) is 0. The molecular weight excluding hydrogens is 250 g/mol. The fourth-order valence-electron chi connectivity index (χ4n) is 1.92. The average Bonchev–Trinajstić information content (AvgIpc) is 2.30. The molecule has 7 nitrogen and oxygen atoms in total. The zero-order chi connectivity index (χ0) is 14.4. The second kappa shape index (κ2) is 6.96. The molecule has 1 fully saturated rings. The molecule has 1 aliphatic rings. The van der Waals surface area contributed by atoms with E-state index in [9.17, 15) is 14.4 Å². The van der Waals surface area contributed by atoms with Crippen molar-refractivity contribution in [1.82, 2.24) is 16.0 Å². The Hall–Kier alpha value is -1.79. The standard InChI is InChI=1S/C12H21N3O4/c1-7(2)9(6-10(16)17)15-12(19)14-8-4-3-5-13-11(8)18/h7-9H,3-6H2,1-2H3,(H,13,18)(H,16,17)(H2,14,15,19). The fourth-order valence-corrected chi connectivity index (χ4v) is 1.92. The zero-order valence-electron chi connectivity index (χ0n) is 11.2. The van der Waals surface area contributed by atoms with Crippen molar-refractivity contribution in [2.75, 3.05) is 6.54 Å². The number of carbonyl (C=O) groups is 3. The van der Waals surface area contributed by atoms with Gasteiger partial charge in [0.25, 0.3) is 0 Å². The Labute approximate surface area is 112 Å². The topological polar surface area (TPSA) is 108 Å². The van der Waals surface area contributed by atoms with Gasteiger partial charge in [0.1, 0.15) is 6.04 Å². The molecule has 0 saturated carbocycles. The van der Waals surface area contributed by atoms with Crippen LogP contribution in [-0.2, 0) is 9.59 Å². The predicted octanol–water partition coefficient (Wildman–Crippen LogP) is 0.0635. The van der Waals surface area contributed by atoms with Crippen LogP contribution >= 0.6 is 0 Å². The van der Waals surface area contributed by atoms with Gasteiger partial charge in [0.05, 0.1) is 6.42 Å². The molecule has 0 aliphatic carbocycles. The van der Waals surface area contributed by atoms with Gasteiger partial charge in [-0.1, -0.05) is 13.8 Å². The van der Waals surface area contributed by atoms with E-state index in [4.69, 9.17) is 5.11 Å². The average molecular weight is 271 g/mol. The van der Waals surface area contributed by atoms with E-state index in [2.05, 4.69) is 16.0 Å². The van der Waals surface area contributed by atoms with Crippen molar-refractivity contribution < 1.29 is 19.5 Å². The predicted molar refractivity (Wildman–Crippen MR) is 68.6 cm³/mol. The molecule has 1 heterocycles. The van der Waals surface area contributed by atoms with Crippen molar-refractivity contribution in [2.24, 2.45) is 5.92 Å². The second-order valence-electron chi connectivity index (χ2n) is 5.05. The summed E-state index contributed by atoms with van der Waals surface area (Å²) >= 11 is 0. The van der Waals surface area contributed by atoms with E-state index in [-0.39, 0.29) is 18.2 Å². The number of aliphatic carboxylic acids is 1.